The fourth-order valence-electron chi connectivity index (χ4n) is 2.07. The van der Waals surface area contributed by atoms with Crippen LogP contribution in [-0.2, 0) is 6.54 Å². The molecule has 0 fully saturated rings. The minimum Gasteiger partial charge on any atom is -0.451 e. The molecule has 0 aliphatic carbocycles. The van der Waals surface area contributed by atoms with Gasteiger partial charge >= 0.3 is 0 Å². The Hall–Kier alpha value is -2.66. The number of furan rings is 1. The number of aryl methyl sites for hydroxylation is 1. The Morgan fingerprint density at radius 1 is 1.29 bits per heavy atom. The maximum absolute atomic E-state index is 12.2. The van der Waals surface area contributed by atoms with Crippen LogP contribution in [0.5, 0.6) is 0 Å². The molecule has 3 rings (SSSR count). The van der Waals surface area contributed by atoms with Gasteiger partial charge in [0.25, 0.3) is 5.91 Å². The lowest BCUT2D eigenvalue weighted by atomic mass is 10.2. The van der Waals surface area contributed by atoms with Gasteiger partial charge in [-0.1, -0.05) is 17.7 Å². The van der Waals surface area contributed by atoms with Crippen LogP contribution in [0.1, 0.15) is 21.7 Å². The molecule has 1 aromatic carbocycles. The second-order valence-corrected chi connectivity index (χ2v) is 4.86. The summed E-state index contributed by atoms with van der Waals surface area (Å²) in [6.45, 7) is 2.42. The lowest BCUT2D eigenvalue weighted by molar-refractivity contribution is 0.0998. The third-order valence-electron chi connectivity index (χ3n) is 3.20. The average Bonchev–Trinajstić information content (AvgIpc) is 2.91. The van der Waals surface area contributed by atoms with Crippen molar-refractivity contribution in [3.8, 4) is 0 Å². The van der Waals surface area contributed by atoms with Gasteiger partial charge in [0.1, 0.15) is 11.4 Å². The van der Waals surface area contributed by atoms with Crippen LogP contribution in [0.25, 0.3) is 11.0 Å². The van der Waals surface area contributed by atoms with Crippen molar-refractivity contribution in [2.24, 2.45) is 5.73 Å². The number of benzene rings is 1. The molecule has 21 heavy (non-hydrogen) atoms. The summed E-state index contributed by atoms with van der Waals surface area (Å²) in [6, 6.07) is 11.0. The normalized spacial score (nSPS) is 10.8. The van der Waals surface area contributed by atoms with Crippen LogP contribution in [0.4, 0.5) is 5.82 Å². The third-order valence-corrected chi connectivity index (χ3v) is 3.20. The fourth-order valence-corrected chi connectivity index (χ4v) is 2.07. The van der Waals surface area contributed by atoms with Gasteiger partial charge in [-0.15, -0.1) is 0 Å². The highest BCUT2D eigenvalue weighted by Gasteiger charge is 2.13. The number of nitrogens with zero attached hydrogens (tertiary/aromatic N) is 1. The van der Waals surface area contributed by atoms with E-state index >= 15 is 0 Å². The minimum atomic E-state index is -0.322. The number of amides is 1. The summed E-state index contributed by atoms with van der Waals surface area (Å²) in [5, 5.41) is 3.61. The quantitative estimate of drug-likeness (QED) is 0.773. The molecule has 0 bridgehead atoms. The Bertz CT molecular complexity index is 791. The SMILES string of the molecule is Cc1ccc2oc(C(=O)Nc3ccc(CN)cn3)cc2c1. The second-order valence-electron chi connectivity index (χ2n) is 4.86. The number of hydrogen-bond donors (Lipinski definition) is 2. The number of nitrogens with one attached hydrogen (secondary N) is 1. The van der Waals surface area contributed by atoms with Crippen LogP contribution >= 0.6 is 0 Å². The van der Waals surface area contributed by atoms with Crippen LogP contribution in [0, 0.1) is 6.92 Å². The summed E-state index contributed by atoms with van der Waals surface area (Å²) in [7, 11) is 0. The molecule has 106 valence electrons. The van der Waals surface area contributed by atoms with Crippen molar-refractivity contribution < 1.29 is 9.21 Å². The maximum atomic E-state index is 12.2. The Balaban J connectivity index is 1.82. The zero-order chi connectivity index (χ0) is 14.8. The highest BCUT2D eigenvalue weighted by Crippen LogP contribution is 2.21. The number of rotatable bonds is 3. The smallest absolute Gasteiger partial charge is 0.292 e. The van der Waals surface area contributed by atoms with E-state index in [2.05, 4.69) is 10.3 Å². The Morgan fingerprint density at radius 3 is 2.86 bits per heavy atom. The predicted octanol–water partition coefficient (Wildman–Crippen LogP) is 2.85. The molecule has 0 atom stereocenters. The molecular formula is C16H15N3O2. The van der Waals surface area contributed by atoms with Crippen LogP contribution in [0.3, 0.4) is 0 Å². The topological polar surface area (TPSA) is 81.2 Å². The molecule has 0 aliphatic rings. The minimum absolute atomic E-state index is 0.264. The van der Waals surface area contributed by atoms with Gasteiger partial charge < -0.3 is 15.5 Å². The summed E-state index contributed by atoms with van der Waals surface area (Å²) in [6.07, 6.45) is 1.64. The fraction of sp³-hybridized carbons (Fsp3) is 0.125. The number of carbonyl (C=O) groups is 1. The van der Waals surface area contributed by atoms with E-state index in [0.29, 0.717) is 17.9 Å². The molecule has 0 unspecified atom stereocenters. The highest BCUT2D eigenvalue weighted by molar-refractivity contribution is 6.04. The van der Waals surface area contributed by atoms with Gasteiger partial charge in [-0.25, -0.2) is 4.98 Å². The van der Waals surface area contributed by atoms with Gasteiger partial charge in [0.05, 0.1) is 0 Å². The van der Waals surface area contributed by atoms with Crippen molar-refractivity contribution in [2.45, 2.75) is 13.5 Å². The zero-order valence-corrected chi connectivity index (χ0v) is 11.6. The van der Waals surface area contributed by atoms with E-state index in [1.54, 1.807) is 18.3 Å². The number of fused-ring (bicyclic) bond motifs is 1. The van der Waals surface area contributed by atoms with Crippen molar-refractivity contribution in [3.05, 3.63) is 59.5 Å². The molecule has 1 amide bonds. The second kappa shape index (κ2) is 5.38. The van der Waals surface area contributed by atoms with Gasteiger partial charge in [0.15, 0.2) is 5.76 Å². The number of pyridine rings is 1. The van der Waals surface area contributed by atoms with E-state index in [9.17, 15) is 4.79 Å². The number of aromatic nitrogens is 1. The van der Waals surface area contributed by atoms with Crippen LogP contribution in [0.2, 0.25) is 0 Å². The monoisotopic (exact) mass is 281 g/mol. The first-order valence-electron chi connectivity index (χ1n) is 6.62. The van der Waals surface area contributed by atoms with Crippen LogP contribution in [0.15, 0.2) is 47.0 Å². The average molecular weight is 281 g/mol. The molecular weight excluding hydrogens is 266 g/mol. The summed E-state index contributed by atoms with van der Waals surface area (Å²) < 4.78 is 5.54. The van der Waals surface area contributed by atoms with E-state index in [1.165, 1.54) is 0 Å². The van der Waals surface area contributed by atoms with Gasteiger partial charge in [0.2, 0.25) is 0 Å². The molecule has 0 radical (unpaired) electrons. The summed E-state index contributed by atoms with van der Waals surface area (Å²) in [5.41, 5.74) is 8.23. The molecule has 2 heterocycles. The Kier molecular flexibility index (Phi) is 3.41. The zero-order valence-electron chi connectivity index (χ0n) is 11.6. The molecule has 0 saturated carbocycles. The lowest BCUT2D eigenvalue weighted by Gasteiger charge is -2.02. The van der Waals surface area contributed by atoms with Crippen molar-refractivity contribution >= 4 is 22.7 Å². The first kappa shape index (κ1) is 13.3. The van der Waals surface area contributed by atoms with E-state index in [0.717, 1.165) is 16.5 Å². The van der Waals surface area contributed by atoms with E-state index in [4.69, 9.17) is 10.2 Å². The number of hydrogen-bond acceptors (Lipinski definition) is 4. The molecule has 3 aromatic rings. The molecule has 5 heteroatoms. The van der Waals surface area contributed by atoms with E-state index in [1.807, 2.05) is 31.2 Å². The maximum Gasteiger partial charge on any atom is 0.292 e. The number of carbonyl (C=O) groups excluding carboxylic acids is 1. The van der Waals surface area contributed by atoms with E-state index < -0.39 is 0 Å². The highest BCUT2D eigenvalue weighted by atomic mass is 16.3. The first-order valence-corrected chi connectivity index (χ1v) is 6.62. The Labute approximate surface area is 121 Å². The van der Waals surface area contributed by atoms with Crippen molar-refractivity contribution in [2.75, 3.05) is 5.32 Å². The molecule has 0 aliphatic heterocycles. The molecule has 0 spiro atoms. The van der Waals surface area contributed by atoms with E-state index in [-0.39, 0.29) is 11.7 Å². The molecule has 0 saturated heterocycles. The standard InChI is InChI=1S/C16H15N3O2/c1-10-2-4-13-12(6-10)7-14(21-13)16(20)19-15-5-3-11(8-17)9-18-15/h2-7,9H,8,17H2,1H3,(H,18,19,20). The van der Waals surface area contributed by atoms with Gasteiger partial charge in [-0.2, -0.15) is 0 Å². The van der Waals surface area contributed by atoms with Crippen LogP contribution in [-0.4, -0.2) is 10.9 Å². The molecule has 3 N–H and O–H groups in total. The largest absolute Gasteiger partial charge is 0.451 e. The van der Waals surface area contributed by atoms with Gasteiger partial charge in [-0.05, 0) is 36.8 Å². The summed E-state index contributed by atoms with van der Waals surface area (Å²) in [4.78, 5) is 16.3. The van der Waals surface area contributed by atoms with Crippen molar-refractivity contribution in [3.63, 3.8) is 0 Å². The van der Waals surface area contributed by atoms with Gasteiger partial charge in [-0.3, -0.25) is 4.79 Å². The molecule has 5 nitrogen and oxygen atoms in total. The third kappa shape index (κ3) is 2.78. The summed E-state index contributed by atoms with van der Waals surface area (Å²) >= 11 is 0. The van der Waals surface area contributed by atoms with Crippen molar-refractivity contribution in [1.29, 1.82) is 0 Å². The van der Waals surface area contributed by atoms with Gasteiger partial charge in [0, 0.05) is 18.1 Å². The number of nitrogens with two attached hydrogens (primary N) is 1. The lowest BCUT2D eigenvalue weighted by Crippen LogP contribution is -2.12. The van der Waals surface area contributed by atoms with Crippen LogP contribution < -0.4 is 11.1 Å². The number of anilines is 1. The van der Waals surface area contributed by atoms with Crippen molar-refractivity contribution in [1.82, 2.24) is 4.98 Å². The Morgan fingerprint density at radius 2 is 2.14 bits per heavy atom. The predicted molar refractivity (Wildman–Crippen MR) is 81.0 cm³/mol. The first-order chi connectivity index (χ1) is 10.2. The summed E-state index contributed by atoms with van der Waals surface area (Å²) in [5.74, 6) is 0.408. The molecule has 2 aromatic heterocycles.